The molecule has 0 saturated heterocycles. The molecule has 2 rings (SSSR count). The lowest BCUT2D eigenvalue weighted by atomic mass is 9.65. The highest BCUT2D eigenvalue weighted by atomic mass is 35.5. The molecule has 1 saturated carbocycles. The van der Waals surface area contributed by atoms with Crippen LogP contribution in [0.3, 0.4) is 0 Å². The largest absolute Gasteiger partial charge is 0.476 e. The number of carboxylic acid groups (broad SMARTS) is 1. The van der Waals surface area contributed by atoms with E-state index < -0.39 is 18.1 Å². The fourth-order valence-corrected chi connectivity index (χ4v) is 3.55. The normalized spacial score (nSPS) is 13.4. The van der Waals surface area contributed by atoms with Gasteiger partial charge < -0.3 is 21.5 Å². The highest BCUT2D eigenvalue weighted by Gasteiger charge is 2.32. The summed E-state index contributed by atoms with van der Waals surface area (Å²) in [6.07, 6.45) is 10.1. The summed E-state index contributed by atoms with van der Waals surface area (Å²) in [5.41, 5.74) is 8.46. The van der Waals surface area contributed by atoms with Crippen LogP contribution < -0.4 is 16.4 Å². The van der Waals surface area contributed by atoms with E-state index in [1.54, 1.807) is 44.2 Å². The highest BCUT2D eigenvalue weighted by Crippen LogP contribution is 2.46. The zero-order chi connectivity index (χ0) is 33.3. The number of carbonyl (C=O) groups is 1. The molecule has 7 nitrogen and oxygen atoms in total. The minimum Gasteiger partial charge on any atom is -0.476 e. The summed E-state index contributed by atoms with van der Waals surface area (Å²) < 4.78 is 20.7. The van der Waals surface area contributed by atoms with E-state index in [9.17, 15) is 13.6 Å². The van der Waals surface area contributed by atoms with Crippen molar-refractivity contribution in [2.75, 3.05) is 7.05 Å². The molecule has 10 heteroatoms. The van der Waals surface area contributed by atoms with Crippen LogP contribution in [0.5, 0.6) is 0 Å². The Balaban J connectivity index is -0.000000647. The van der Waals surface area contributed by atoms with Crippen LogP contribution in [0.4, 0.5) is 14.5 Å². The van der Waals surface area contributed by atoms with E-state index in [2.05, 4.69) is 36.1 Å². The molecule has 42 heavy (non-hydrogen) atoms. The highest BCUT2D eigenvalue weighted by molar-refractivity contribution is 6.41. The van der Waals surface area contributed by atoms with Gasteiger partial charge in [-0.2, -0.15) is 0 Å². The van der Waals surface area contributed by atoms with Gasteiger partial charge >= 0.3 is 5.97 Å². The maximum absolute atomic E-state index is 11.0. The van der Waals surface area contributed by atoms with Crippen molar-refractivity contribution in [1.82, 2.24) is 10.6 Å². The fourth-order valence-electron chi connectivity index (χ4n) is 3.36. The second-order valence-corrected chi connectivity index (χ2v) is 9.71. The van der Waals surface area contributed by atoms with Crippen molar-refractivity contribution in [3.05, 3.63) is 65.0 Å². The Morgan fingerprint density at radius 1 is 1.26 bits per heavy atom. The summed E-state index contributed by atoms with van der Waals surface area (Å²) in [6, 6.07) is 5.14. The maximum Gasteiger partial charge on any atom is 0.355 e. The number of halogens is 3. The number of nitrogens with two attached hydrogens (primary N) is 1. The third-order valence-electron chi connectivity index (χ3n) is 6.09. The molecule has 1 fully saturated rings. The lowest BCUT2D eigenvalue weighted by Crippen LogP contribution is -2.27. The van der Waals surface area contributed by atoms with Crippen LogP contribution in [0.1, 0.15) is 93.1 Å². The van der Waals surface area contributed by atoms with Crippen LogP contribution in [0.15, 0.2) is 59.4 Å². The van der Waals surface area contributed by atoms with Gasteiger partial charge in [0.1, 0.15) is 0 Å². The third-order valence-corrected chi connectivity index (χ3v) is 6.32. The van der Waals surface area contributed by atoms with Crippen LogP contribution in [-0.4, -0.2) is 36.1 Å². The summed E-state index contributed by atoms with van der Waals surface area (Å²) >= 11 is 6.00. The van der Waals surface area contributed by atoms with E-state index in [1.807, 2.05) is 27.8 Å². The molecule has 0 heterocycles. The first kappa shape index (κ1) is 43.3. The molecular weight excluding hydrogens is 560 g/mol. The molecule has 1 aliphatic rings. The molecule has 0 bridgehead atoms. The summed E-state index contributed by atoms with van der Waals surface area (Å²) in [4.78, 5) is 15.2. The van der Waals surface area contributed by atoms with Gasteiger partial charge in [0.2, 0.25) is 6.43 Å². The number of alkyl halides is 2. The predicted octanol–water partition coefficient (Wildman–Crippen LogP) is 9.02. The van der Waals surface area contributed by atoms with Gasteiger partial charge in [-0.25, -0.2) is 18.6 Å². The second-order valence-electron chi connectivity index (χ2n) is 9.28. The predicted molar refractivity (Wildman–Crippen MR) is 177 cm³/mol. The molecule has 240 valence electrons. The molecule has 0 aliphatic heterocycles. The number of aliphatic carboxylic acids is 1. The van der Waals surface area contributed by atoms with Gasteiger partial charge in [-0.3, -0.25) is 5.41 Å². The molecule has 6 N–H and O–H groups in total. The van der Waals surface area contributed by atoms with Crippen molar-refractivity contribution >= 4 is 34.8 Å². The summed E-state index contributed by atoms with van der Waals surface area (Å²) in [5, 5.41) is 22.9. The first-order valence-corrected chi connectivity index (χ1v) is 14.7. The second kappa shape index (κ2) is 25.5. The van der Waals surface area contributed by atoms with E-state index >= 15 is 0 Å². The molecule has 0 amide bonds. The first-order valence-electron chi connectivity index (χ1n) is 14.3. The lowest BCUT2D eigenvalue weighted by molar-refractivity contribution is -0.129. The Bertz CT molecular complexity index is 1000. The number of rotatable bonds is 10. The Morgan fingerprint density at radius 2 is 1.76 bits per heavy atom. The Morgan fingerprint density at radius 3 is 2.07 bits per heavy atom. The number of nitrogens with zero attached hydrogens (tertiary/aromatic N) is 1. The van der Waals surface area contributed by atoms with Crippen LogP contribution >= 0.6 is 11.6 Å². The maximum atomic E-state index is 11.0. The Hall–Kier alpha value is -3.20. The van der Waals surface area contributed by atoms with Crippen molar-refractivity contribution in [2.45, 2.75) is 100 Å². The first-order chi connectivity index (χ1) is 19.7. The Kier molecular flexibility index (Phi) is 26.3. The number of hydrogen-bond acceptors (Lipinski definition) is 5. The average molecular weight is 614 g/mol. The summed E-state index contributed by atoms with van der Waals surface area (Å²) in [7, 11) is 1.85. The number of allylic oxidation sites excluding steroid dienone is 4. The van der Waals surface area contributed by atoms with Gasteiger partial charge in [-0.05, 0) is 81.5 Å². The van der Waals surface area contributed by atoms with E-state index in [4.69, 9.17) is 27.9 Å². The molecule has 0 atom stereocenters. The van der Waals surface area contributed by atoms with E-state index in [-0.39, 0.29) is 12.2 Å². The van der Waals surface area contributed by atoms with Gasteiger partial charge in [0.05, 0.1) is 17.2 Å². The number of carboxylic acids is 1. The number of amidine groups is 1. The Labute approximate surface area is 257 Å². The van der Waals surface area contributed by atoms with E-state index in [0.29, 0.717) is 16.5 Å². The van der Waals surface area contributed by atoms with Crippen molar-refractivity contribution < 1.29 is 18.7 Å². The smallest absolute Gasteiger partial charge is 0.355 e. The molecule has 1 aromatic rings. The van der Waals surface area contributed by atoms with Gasteiger partial charge in [-0.15, -0.1) is 0 Å². The molecule has 0 unspecified atom stereocenters. The van der Waals surface area contributed by atoms with Crippen LogP contribution in [0.2, 0.25) is 5.02 Å². The monoisotopic (exact) mass is 613 g/mol. The molecule has 0 radical (unpaired) electrons. The SMILES string of the molecule is C/C=C\C=C(\NCc1cc(Cl)ccc1N=C(C)N)C(=N)C(=O)O.C=C(C)NC.CC.CC(F)F.CCC1(CC)CCC1. The van der Waals surface area contributed by atoms with Gasteiger partial charge in [-0.1, -0.05) is 77.3 Å². The molecular formula is C32H54ClF2N5O2. The minimum atomic E-state index is -2.17. The van der Waals surface area contributed by atoms with Crippen molar-refractivity contribution in [3.8, 4) is 0 Å². The molecule has 1 aliphatic carbocycles. The summed E-state index contributed by atoms with van der Waals surface area (Å²) in [5.74, 6) is -0.910. The fraction of sp³-hybridized carbons (Fsp3) is 0.531. The van der Waals surface area contributed by atoms with Crippen molar-refractivity contribution in [2.24, 2.45) is 16.1 Å². The zero-order valence-electron chi connectivity index (χ0n) is 27.0. The quantitative estimate of drug-likeness (QED) is 0.102. The van der Waals surface area contributed by atoms with Crippen LogP contribution in [-0.2, 0) is 11.3 Å². The zero-order valence-corrected chi connectivity index (χ0v) is 27.8. The van der Waals surface area contributed by atoms with E-state index in [0.717, 1.165) is 23.6 Å². The van der Waals surface area contributed by atoms with Crippen LogP contribution in [0, 0.1) is 10.8 Å². The number of benzene rings is 1. The topological polar surface area (TPSA) is 124 Å². The van der Waals surface area contributed by atoms with Crippen molar-refractivity contribution in [3.63, 3.8) is 0 Å². The third kappa shape index (κ3) is 21.5. The molecule has 0 spiro atoms. The van der Waals surface area contributed by atoms with Gasteiger partial charge in [0.15, 0.2) is 5.71 Å². The standard InChI is InChI=1S/C16H19ClN4O2.C8H16.C4H9N.C2H4F2.C2H6/c1-3-4-5-14(15(19)16(22)23)20-9-11-8-12(17)6-7-13(11)21-10(2)18;1-3-8(4-2)6-5-7-8;1-4(2)5-3;1-2(3)4;1-2/h3-8,19-20H,9H2,1-2H3,(H2,18,21)(H,22,23);3-7H2,1-2H3;5H,1H2,2-3H3;2H,1H3;1-2H3/b4-3-,14-5+,19-15?;;;;. The van der Waals surface area contributed by atoms with E-state index in [1.165, 1.54) is 38.2 Å². The number of nitrogens with one attached hydrogen (secondary N) is 3. The minimum absolute atomic E-state index is 0.190. The number of hydrogen-bond donors (Lipinski definition) is 5. The lowest BCUT2D eigenvalue weighted by Gasteiger charge is -2.40. The average Bonchev–Trinajstić information content (AvgIpc) is 2.91. The summed E-state index contributed by atoms with van der Waals surface area (Å²) in [6.45, 7) is 18.7. The number of aliphatic imine (C=N–C) groups is 1. The van der Waals surface area contributed by atoms with Gasteiger partial charge in [0.25, 0.3) is 0 Å². The van der Waals surface area contributed by atoms with Gasteiger partial charge in [0, 0.05) is 18.6 Å². The molecule has 0 aromatic heterocycles. The van der Waals surface area contributed by atoms with Crippen molar-refractivity contribution in [1.29, 1.82) is 5.41 Å². The van der Waals surface area contributed by atoms with Crippen LogP contribution in [0.25, 0.3) is 0 Å². The molecule has 1 aromatic carbocycles.